The molecule has 0 radical (unpaired) electrons. The molecule has 2 aliphatic carbocycles. The predicted molar refractivity (Wildman–Crippen MR) is 126 cm³/mol. The van der Waals surface area contributed by atoms with Crippen molar-refractivity contribution in [3.05, 3.63) is 59.2 Å². The summed E-state index contributed by atoms with van der Waals surface area (Å²) >= 11 is 6.10. The number of alkyl halides is 1. The van der Waals surface area contributed by atoms with E-state index in [2.05, 4.69) is 9.97 Å². The van der Waals surface area contributed by atoms with Gasteiger partial charge in [0, 0.05) is 46.7 Å². The third-order valence-corrected chi connectivity index (χ3v) is 5.65. The molecule has 2 fully saturated rings. The summed E-state index contributed by atoms with van der Waals surface area (Å²) in [4.78, 5) is 31.5. The van der Waals surface area contributed by atoms with E-state index in [1.807, 2.05) is 6.07 Å². The standard InChI is InChI=1S/C12H14ClNO2.C12H15NO3.CH4/c1-2-16-12(15)10(13)9-4-3-7-14-11(9)8-5-6-8;1-2-16-12(15)11(14)9-4-3-7-13-10(9)8-5-6-8;/h3-4,7-8,10H,2,5-6H2,1H3;3-4,7-8,11,14H,2,5-6H2,1H3;1H4. The Morgan fingerprint density at radius 3 is 1.88 bits per heavy atom. The van der Waals surface area contributed by atoms with Gasteiger partial charge in [0.25, 0.3) is 0 Å². The third kappa shape index (κ3) is 7.24. The monoisotopic (exact) mass is 476 g/mol. The van der Waals surface area contributed by atoms with Gasteiger partial charge in [-0.1, -0.05) is 19.6 Å². The van der Waals surface area contributed by atoms with E-state index in [1.54, 1.807) is 44.4 Å². The molecule has 0 amide bonds. The molecule has 0 aromatic carbocycles. The molecule has 1 N–H and O–H groups in total. The van der Waals surface area contributed by atoms with E-state index in [9.17, 15) is 14.7 Å². The molecule has 2 aliphatic rings. The number of esters is 2. The summed E-state index contributed by atoms with van der Waals surface area (Å²) in [5, 5.41) is 9.13. The van der Waals surface area contributed by atoms with Gasteiger partial charge in [-0.25, -0.2) is 4.79 Å². The molecular formula is C25H33ClN2O5. The van der Waals surface area contributed by atoms with Crippen LogP contribution in [0.5, 0.6) is 0 Å². The molecule has 8 heteroatoms. The molecule has 2 aromatic rings. The van der Waals surface area contributed by atoms with Crippen molar-refractivity contribution < 1.29 is 24.2 Å². The molecule has 33 heavy (non-hydrogen) atoms. The van der Waals surface area contributed by atoms with Gasteiger partial charge in [0.2, 0.25) is 0 Å². The van der Waals surface area contributed by atoms with Crippen molar-refractivity contribution in [2.75, 3.05) is 13.2 Å². The topological polar surface area (TPSA) is 98.6 Å². The molecular weight excluding hydrogens is 444 g/mol. The van der Waals surface area contributed by atoms with Crippen LogP contribution in [-0.2, 0) is 19.1 Å². The summed E-state index contributed by atoms with van der Waals surface area (Å²) < 4.78 is 9.71. The highest BCUT2D eigenvalue weighted by atomic mass is 35.5. The first kappa shape index (κ1) is 26.7. The van der Waals surface area contributed by atoms with E-state index in [4.69, 9.17) is 21.1 Å². The lowest BCUT2D eigenvalue weighted by Crippen LogP contribution is -2.17. The van der Waals surface area contributed by atoms with E-state index in [0.29, 0.717) is 24.0 Å². The van der Waals surface area contributed by atoms with Crippen LogP contribution >= 0.6 is 11.6 Å². The number of carbonyl (C=O) groups is 2. The van der Waals surface area contributed by atoms with E-state index in [-0.39, 0.29) is 20.0 Å². The van der Waals surface area contributed by atoms with Crippen LogP contribution in [0.1, 0.15) is 92.8 Å². The van der Waals surface area contributed by atoms with E-state index < -0.39 is 17.5 Å². The lowest BCUT2D eigenvalue weighted by Gasteiger charge is -2.13. The minimum atomic E-state index is -1.20. The van der Waals surface area contributed by atoms with Crippen LogP contribution in [-0.4, -0.2) is 40.2 Å². The lowest BCUT2D eigenvalue weighted by molar-refractivity contribution is -0.153. The molecule has 0 spiro atoms. The Morgan fingerprint density at radius 1 is 0.939 bits per heavy atom. The number of ether oxygens (including phenoxy) is 2. The van der Waals surface area contributed by atoms with Crippen molar-refractivity contribution >= 4 is 23.5 Å². The maximum absolute atomic E-state index is 11.6. The van der Waals surface area contributed by atoms with Crippen LogP contribution in [0.25, 0.3) is 0 Å². The zero-order valence-electron chi connectivity index (χ0n) is 18.4. The van der Waals surface area contributed by atoms with Crippen molar-refractivity contribution in [1.82, 2.24) is 9.97 Å². The number of aliphatic hydroxyl groups is 1. The minimum absolute atomic E-state index is 0. The largest absolute Gasteiger partial charge is 0.465 e. The SMILES string of the molecule is C.CCOC(=O)C(Cl)c1cccnc1C1CC1.CCOC(=O)C(O)c1cccnc1C1CC1. The van der Waals surface area contributed by atoms with E-state index in [1.165, 1.54) is 0 Å². The highest BCUT2D eigenvalue weighted by Crippen LogP contribution is 2.43. The number of aromatic nitrogens is 2. The highest BCUT2D eigenvalue weighted by molar-refractivity contribution is 6.30. The van der Waals surface area contributed by atoms with Crippen LogP contribution in [0, 0.1) is 0 Å². The first-order valence-electron chi connectivity index (χ1n) is 11.0. The molecule has 0 bridgehead atoms. The second kappa shape index (κ2) is 12.7. The Morgan fingerprint density at radius 2 is 1.39 bits per heavy atom. The van der Waals surface area contributed by atoms with E-state index in [0.717, 1.165) is 42.6 Å². The van der Waals surface area contributed by atoms with Crippen LogP contribution in [0.2, 0.25) is 0 Å². The van der Waals surface area contributed by atoms with Crippen LogP contribution in [0.15, 0.2) is 36.7 Å². The molecule has 0 aliphatic heterocycles. The fourth-order valence-corrected chi connectivity index (χ4v) is 3.64. The number of rotatable bonds is 8. The fourth-order valence-electron chi connectivity index (χ4n) is 3.39. The summed E-state index contributed by atoms with van der Waals surface area (Å²) in [7, 11) is 0. The minimum Gasteiger partial charge on any atom is -0.465 e. The van der Waals surface area contributed by atoms with Crippen LogP contribution < -0.4 is 0 Å². The number of hydrogen-bond donors (Lipinski definition) is 1. The number of hydrogen-bond acceptors (Lipinski definition) is 7. The molecule has 2 heterocycles. The molecule has 2 unspecified atom stereocenters. The van der Waals surface area contributed by atoms with Gasteiger partial charge in [-0.05, 0) is 51.7 Å². The Bertz CT molecular complexity index is 855. The first-order chi connectivity index (χ1) is 15.5. The molecule has 2 atom stereocenters. The Kier molecular flexibility index (Phi) is 10.3. The highest BCUT2D eigenvalue weighted by Gasteiger charge is 2.32. The molecule has 2 aromatic heterocycles. The summed E-state index contributed by atoms with van der Waals surface area (Å²) in [6, 6.07) is 7.12. The number of halogens is 1. The van der Waals surface area contributed by atoms with Gasteiger partial charge in [-0.15, -0.1) is 11.6 Å². The summed E-state index contributed by atoms with van der Waals surface area (Å²) in [6.07, 6.45) is 6.66. The summed E-state index contributed by atoms with van der Waals surface area (Å²) in [6.45, 7) is 4.11. The van der Waals surface area contributed by atoms with Gasteiger partial charge in [0.05, 0.1) is 13.2 Å². The molecule has 2 saturated carbocycles. The summed E-state index contributed by atoms with van der Waals surface area (Å²) in [5.74, 6) is -0.108. The van der Waals surface area contributed by atoms with Crippen LogP contribution in [0.3, 0.4) is 0 Å². The van der Waals surface area contributed by atoms with Gasteiger partial charge in [0.1, 0.15) is 0 Å². The van der Waals surface area contributed by atoms with Crippen molar-refractivity contribution in [2.24, 2.45) is 0 Å². The third-order valence-electron chi connectivity index (χ3n) is 5.24. The Hall–Kier alpha value is -2.51. The number of aliphatic hydroxyl groups excluding tert-OH is 1. The average Bonchev–Trinajstić information content (AvgIpc) is 3.72. The van der Waals surface area contributed by atoms with Crippen molar-refractivity contribution in [1.29, 1.82) is 0 Å². The Balaban J connectivity index is 0.000000227. The molecule has 0 saturated heterocycles. The normalized spacial score (nSPS) is 16.4. The first-order valence-corrected chi connectivity index (χ1v) is 11.5. The van der Waals surface area contributed by atoms with E-state index >= 15 is 0 Å². The van der Waals surface area contributed by atoms with Crippen molar-refractivity contribution in [2.45, 2.75) is 70.3 Å². The Labute approximate surface area is 200 Å². The summed E-state index contributed by atoms with van der Waals surface area (Å²) in [5.41, 5.74) is 3.17. The van der Waals surface area contributed by atoms with Crippen molar-refractivity contribution in [3.8, 4) is 0 Å². The predicted octanol–water partition coefficient (Wildman–Crippen LogP) is 4.99. The van der Waals surface area contributed by atoms with Gasteiger partial charge in [-0.2, -0.15) is 0 Å². The van der Waals surface area contributed by atoms with Gasteiger partial charge >= 0.3 is 11.9 Å². The second-order valence-electron chi connectivity index (χ2n) is 7.77. The van der Waals surface area contributed by atoms with Crippen LogP contribution in [0.4, 0.5) is 0 Å². The lowest BCUT2D eigenvalue weighted by atomic mass is 10.0. The van der Waals surface area contributed by atoms with Gasteiger partial charge in [-0.3, -0.25) is 14.8 Å². The number of nitrogens with zero attached hydrogens (tertiary/aromatic N) is 2. The molecule has 4 rings (SSSR count). The smallest absolute Gasteiger partial charge is 0.339 e. The van der Waals surface area contributed by atoms with Gasteiger partial charge in [0.15, 0.2) is 11.5 Å². The fraction of sp³-hybridized carbons (Fsp3) is 0.520. The van der Waals surface area contributed by atoms with Gasteiger partial charge < -0.3 is 14.6 Å². The zero-order valence-corrected chi connectivity index (χ0v) is 19.1. The molecule has 7 nitrogen and oxygen atoms in total. The maximum atomic E-state index is 11.6. The second-order valence-corrected chi connectivity index (χ2v) is 8.21. The quantitative estimate of drug-likeness (QED) is 0.423. The average molecular weight is 477 g/mol. The zero-order chi connectivity index (χ0) is 23.1. The van der Waals surface area contributed by atoms with Crippen molar-refractivity contribution in [3.63, 3.8) is 0 Å². The maximum Gasteiger partial charge on any atom is 0.339 e. The molecule has 180 valence electrons. The number of pyridine rings is 2. The number of carbonyl (C=O) groups excluding carboxylic acids is 2.